The number of anilines is 1. The lowest BCUT2D eigenvalue weighted by molar-refractivity contribution is 0.594. The van der Waals surface area contributed by atoms with E-state index in [4.69, 9.17) is 5.73 Å². The van der Waals surface area contributed by atoms with Gasteiger partial charge in [-0.3, -0.25) is 0 Å². The Labute approximate surface area is 124 Å². The van der Waals surface area contributed by atoms with Crippen molar-refractivity contribution in [2.75, 3.05) is 11.4 Å². The molecule has 0 saturated heterocycles. The maximum atomic E-state index is 14.1. The highest BCUT2D eigenvalue weighted by Gasteiger charge is 2.15. The molecule has 0 spiro atoms. The number of halogens is 1. The smallest absolute Gasteiger partial charge is 0.128 e. The van der Waals surface area contributed by atoms with Gasteiger partial charge in [0.15, 0.2) is 0 Å². The van der Waals surface area contributed by atoms with Crippen LogP contribution >= 0.6 is 11.3 Å². The zero-order valence-corrected chi connectivity index (χ0v) is 12.8. The fraction of sp³-hybridized carbons (Fsp3) is 0.375. The molecule has 0 aliphatic heterocycles. The number of hydrogen-bond acceptors (Lipinski definition) is 3. The van der Waals surface area contributed by atoms with Gasteiger partial charge in [0.05, 0.1) is 6.54 Å². The van der Waals surface area contributed by atoms with E-state index in [9.17, 15) is 4.39 Å². The van der Waals surface area contributed by atoms with E-state index in [0.29, 0.717) is 6.42 Å². The molecule has 0 saturated carbocycles. The average molecular weight is 292 g/mol. The van der Waals surface area contributed by atoms with E-state index in [0.717, 1.165) is 24.3 Å². The molecule has 1 aromatic carbocycles. The zero-order valence-electron chi connectivity index (χ0n) is 12.0. The summed E-state index contributed by atoms with van der Waals surface area (Å²) in [5.41, 5.74) is 7.54. The van der Waals surface area contributed by atoms with E-state index in [2.05, 4.69) is 23.3 Å². The fourth-order valence-corrected chi connectivity index (χ4v) is 3.04. The second kappa shape index (κ2) is 6.86. The van der Waals surface area contributed by atoms with Gasteiger partial charge in [-0.25, -0.2) is 4.39 Å². The lowest BCUT2D eigenvalue weighted by Crippen LogP contribution is -2.26. The number of hydrogen-bond donors (Lipinski definition) is 1. The molecule has 2 aromatic rings. The molecule has 0 amide bonds. The van der Waals surface area contributed by atoms with Crippen molar-refractivity contribution in [1.29, 1.82) is 0 Å². The molecule has 2 nitrogen and oxygen atoms in total. The van der Waals surface area contributed by atoms with Crippen molar-refractivity contribution in [3.63, 3.8) is 0 Å². The highest BCUT2D eigenvalue weighted by Crippen LogP contribution is 2.26. The molecular formula is C16H21FN2S. The van der Waals surface area contributed by atoms with Crippen LogP contribution in [0.25, 0.3) is 0 Å². The van der Waals surface area contributed by atoms with Gasteiger partial charge in [-0.2, -0.15) is 0 Å². The predicted octanol–water partition coefficient (Wildman–Crippen LogP) is 3.80. The number of nitrogens with two attached hydrogens (primary N) is 1. The minimum atomic E-state index is -0.163. The van der Waals surface area contributed by atoms with Crippen molar-refractivity contribution in [3.8, 4) is 0 Å². The third-order valence-electron chi connectivity index (χ3n) is 3.27. The normalized spacial score (nSPS) is 12.4. The van der Waals surface area contributed by atoms with Crippen LogP contribution in [-0.4, -0.2) is 12.6 Å². The van der Waals surface area contributed by atoms with Crippen LogP contribution in [0.4, 0.5) is 10.1 Å². The van der Waals surface area contributed by atoms with Crippen molar-refractivity contribution in [1.82, 2.24) is 0 Å². The first kappa shape index (κ1) is 15.0. The molecule has 0 fully saturated rings. The third kappa shape index (κ3) is 3.58. The highest BCUT2D eigenvalue weighted by atomic mass is 32.1. The summed E-state index contributed by atoms with van der Waals surface area (Å²) in [6, 6.07) is 9.37. The van der Waals surface area contributed by atoms with E-state index in [1.807, 2.05) is 19.1 Å². The van der Waals surface area contributed by atoms with Crippen LogP contribution < -0.4 is 10.6 Å². The summed E-state index contributed by atoms with van der Waals surface area (Å²) in [5, 5.41) is 2.07. The summed E-state index contributed by atoms with van der Waals surface area (Å²) < 4.78 is 14.1. The Bertz CT molecular complexity index is 537. The van der Waals surface area contributed by atoms with E-state index in [1.165, 1.54) is 10.9 Å². The van der Waals surface area contributed by atoms with Crippen molar-refractivity contribution in [2.24, 2.45) is 5.73 Å². The Kier molecular flexibility index (Phi) is 5.15. The van der Waals surface area contributed by atoms with E-state index < -0.39 is 0 Å². The lowest BCUT2D eigenvalue weighted by Gasteiger charge is -2.26. The molecule has 0 aliphatic carbocycles. The first-order valence-corrected chi connectivity index (χ1v) is 7.80. The van der Waals surface area contributed by atoms with Gasteiger partial charge in [0, 0.05) is 28.7 Å². The van der Waals surface area contributed by atoms with Gasteiger partial charge < -0.3 is 10.6 Å². The van der Waals surface area contributed by atoms with Crippen molar-refractivity contribution in [2.45, 2.75) is 32.9 Å². The molecule has 1 aromatic heterocycles. The van der Waals surface area contributed by atoms with E-state index >= 15 is 0 Å². The van der Waals surface area contributed by atoms with E-state index in [1.54, 1.807) is 17.4 Å². The molecule has 1 atom stereocenters. The first-order valence-electron chi connectivity index (χ1n) is 6.92. The summed E-state index contributed by atoms with van der Waals surface area (Å²) in [5.74, 6) is -0.163. The molecule has 1 heterocycles. The number of benzene rings is 1. The monoisotopic (exact) mass is 292 g/mol. The maximum Gasteiger partial charge on any atom is 0.128 e. The van der Waals surface area contributed by atoms with Crippen LogP contribution in [0.5, 0.6) is 0 Å². The highest BCUT2D eigenvalue weighted by molar-refractivity contribution is 7.09. The summed E-state index contributed by atoms with van der Waals surface area (Å²) >= 11 is 1.73. The van der Waals surface area contributed by atoms with E-state index in [-0.39, 0.29) is 11.9 Å². The molecule has 2 rings (SSSR count). The average Bonchev–Trinajstić information content (AvgIpc) is 2.91. The second-order valence-electron chi connectivity index (χ2n) is 5.01. The standard InChI is InChI=1S/C16H21FN2S/c1-3-19(11-13-6-5-9-20-13)16-8-4-7-15(17)14(16)10-12(2)18/h4-9,12H,3,10-11,18H2,1-2H3. The summed E-state index contributed by atoms with van der Waals surface area (Å²) in [6.45, 7) is 5.65. The van der Waals surface area contributed by atoms with Gasteiger partial charge in [-0.05, 0) is 43.8 Å². The molecule has 1 unspecified atom stereocenters. The maximum absolute atomic E-state index is 14.1. The van der Waals surface area contributed by atoms with Gasteiger partial charge >= 0.3 is 0 Å². The SMILES string of the molecule is CCN(Cc1cccs1)c1cccc(F)c1CC(C)N. The predicted molar refractivity (Wildman–Crippen MR) is 84.8 cm³/mol. The summed E-state index contributed by atoms with van der Waals surface area (Å²) in [7, 11) is 0. The fourth-order valence-electron chi connectivity index (χ4n) is 2.33. The minimum Gasteiger partial charge on any atom is -0.366 e. The third-order valence-corrected chi connectivity index (χ3v) is 4.13. The molecule has 0 radical (unpaired) electrons. The van der Waals surface area contributed by atoms with Crippen molar-refractivity contribution < 1.29 is 4.39 Å². The zero-order chi connectivity index (χ0) is 14.5. The topological polar surface area (TPSA) is 29.3 Å². The quantitative estimate of drug-likeness (QED) is 0.877. The van der Waals surface area contributed by atoms with Gasteiger partial charge in [0.1, 0.15) is 5.82 Å². The van der Waals surface area contributed by atoms with Crippen molar-refractivity contribution in [3.05, 3.63) is 52.0 Å². The summed E-state index contributed by atoms with van der Waals surface area (Å²) in [6.07, 6.45) is 0.558. The number of thiophene rings is 1. The summed E-state index contributed by atoms with van der Waals surface area (Å²) in [4.78, 5) is 3.48. The van der Waals surface area contributed by atoms with Crippen molar-refractivity contribution >= 4 is 17.0 Å². The second-order valence-corrected chi connectivity index (χ2v) is 6.04. The molecule has 2 N–H and O–H groups in total. The Morgan fingerprint density at radius 3 is 2.70 bits per heavy atom. The van der Waals surface area contributed by atoms with Gasteiger partial charge in [0.25, 0.3) is 0 Å². The molecule has 108 valence electrons. The Morgan fingerprint density at radius 1 is 1.30 bits per heavy atom. The molecule has 0 bridgehead atoms. The van der Waals surface area contributed by atoms with Gasteiger partial charge in [-0.1, -0.05) is 12.1 Å². The van der Waals surface area contributed by atoms with Crippen LogP contribution in [0.1, 0.15) is 24.3 Å². The molecule has 0 aliphatic rings. The van der Waals surface area contributed by atoms with Crippen LogP contribution in [0.3, 0.4) is 0 Å². The number of rotatable bonds is 6. The first-order chi connectivity index (χ1) is 9.61. The molecule has 4 heteroatoms. The van der Waals surface area contributed by atoms with Crippen LogP contribution in [-0.2, 0) is 13.0 Å². The Hall–Kier alpha value is -1.39. The largest absolute Gasteiger partial charge is 0.366 e. The van der Waals surface area contributed by atoms with Crippen LogP contribution in [0.2, 0.25) is 0 Å². The van der Waals surface area contributed by atoms with Crippen LogP contribution in [0, 0.1) is 5.82 Å². The van der Waals surface area contributed by atoms with Crippen LogP contribution in [0.15, 0.2) is 35.7 Å². The Balaban J connectivity index is 2.31. The van der Waals surface area contributed by atoms with Gasteiger partial charge in [0.2, 0.25) is 0 Å². The lowest BCUT2D eigenvalue weighted by atomic mass is 10.0. The molecular weight excluding hydrogens is 271 g/mol. The minimum absolute atomic E-state index is 0.0499. The van der Waals surface area contributed by atoms with Gasteiger partial charge in [-0.15, -0.1) is 11.3 Å². The Morgan fingerprint density at radius 2 is 2.10 bits per heavy atom. The number of nitrogens with zero attached hydrogens (tertiary/aromatic N) is 1. The molecule has 20 heavy (non-hydrogen) atoms.